The van der Waals surface area contributed by atoms with Crippen molar-refractivity contribution in [2.75, 3.05) is 43.6 Å². The van der Waals surface area contributed by atoms with Crippen molar-refractivity contribution < 1.29 is 4.74 Å². The van der Waals surface area contributed by atoms with Crippen LogP contribution in [-0.4, -0.2) is 38.3 Å². The molecule has 1 aromatic heterocycles. The number of aryl methyl sites for hydroxylation is 1. The average molecular weight is 221 g/mol. The summed E-state index contributed by atoms with van der Waals surface area (Å²) in [6.07, 6.45) is 0. The van der Waals surface area contributed by atoms with Crippen molar-refractivity contribution >= 4 is 11.5 Å². The van der Waals surface area contributed by atoms with Crippen molar-refractivity contribution in [2.24, 2.45) is 0 Å². The molecule has 0 bridgehead atoms. The minimum absolute atomic E-state index is 0.815. The molecule has 4 nitrogen and oxygen atoms in total. The van der Waals surface area contributed by atoms with Crippen LogP contribution in [-0.2, 0) is 4.74 Å². The Morgan fingerprint density at radius 3 is 2.62 bits per heavy atom. The van der Waals surface area contributed by atoms with Crippen LogP contribution in [0.1, 0.15) is 11.3 Å². The molecule has 0 aromatic carbocycles. The quantitative estimate of drug-likeness (QED) is 0.822. The first-order valence-electron chi connectivity index (χ1n) is 5.71. The van der Waals surface area contributed by atoms with Gasteiger partial charge < -0.3 is 15.0 Å². The molecule has 0 amide bonds. The summed E-state index contributed by atoms with van der Waals surface area (Å²) < 4.78 is 5.37. The number of morpholine rings is 1. The Hall–Kier alpha value is -1.29. The molecule has 0 saturated carbocycles. The summed E-state index contributed by atoms with van der Waals surface area (Å²) in [4.78, 5) is 6.85. The second-order valence-corrected chi connectivity index (χ2v) is 4.09. The minimum atomic E-state index is 0.815. The van der Waals surface area contributed by atoms with Crippen LogP contribution < -0.4 is 10.2 Å². The van der Waals surface area contributed by atoms with Gasteiger partial charge in [0.1, 0.15) is 5.82 Å². The molecule has 1 aliphatic rings. The highest BCUT2D eigenvalue weighted by molar-refractivity contribution is 5.61. The zero-order chi connectivity index (χ0) is 11.5. The molecule has 1 aromatic rings. The number of ether oxygens (including phenoxy) is 1. The number of hydrogen-bond acceptors (Lipinski definition) is 4. The topological polar surface area (TPSA) is 37.4 Å². The zero-order valence-electron chi connectivity index (χ0n) is 10.2. The third kappa shape index (κ3) is 2.11. The molecule has 1 fully saturated rings. The number of rotatable bonds is 2. The van der Waals surface area contributed by atoms with Gasteiger partial charge in [0.25, 0.3) is 0 Å². The molecule has 4 heteroatoms. The van der Waals surface area contributed by atoms with Gasteiger partial charge in [0.2, 0.25) is 0 Å². The maximum atomic E-state index is 5.37. The zero-order valence-corrected chi connectivity index (χ0v) is 10.2. The summed E-state index contributed by atoms with van der Waals surface area (Å²) in [5.41, 5.74) is 3.63. The molecular weight excluding hydrogens is 202 g/mol. The van der Waals surface area contributed by atoms with Gasteiger partial charge in [-0.2, -0.15) is 0 Å². The number of hydrogen-bond donors (Lipinski definition) is 1. The normalized spacial score (nSPS) is 16.3. The summed E-state index contributed by atoms with van der Waals surface area (Å²) >= 11 is 0. The lowest BCUT2D eigenvalue weighted by atomic mass is 10.1. The summed E-state index contributed by atoms with van der Waals surface area (Å²) in [6, 6.07) is 2.12. The molecule has 88 valence electrons. The molecule has 1 saturated heterocycles. The highest BCUT2D eigenvalue weighted by Gasteiger charge is 2.15. The molecule has 2 rings (SSSR count). The maximum Gasteiger partial charge on any atom is 0.128 e. The molecular formula is C12H19N3O. The van der Waals surface area contributed by atoms with E-state index in [1.807, 2.05) is 7.05 Å². The van der Waals surface area contributed by atoms with Crippen LogP contribution in [0.4, 0.5) is 11.5 Å². The summed E-state index contributed by atoms with van der Waals surface area (Å²) in [5.74, 6) is 0.935. The van der Waals surface area contributed by atoms with Gasteiger partial charge in [-0.25, -0.2) is 4.98 Å². The molecule has 0 radical (unpaired) electrons. The van der Waals surface area contributed by atoms with Gasteiger partial charge in [0.05, 0.1) is 13.2 Å². The van der Waals surface area contributed by atoms with E-state index in [1.165, 1.54) is 11.3 Å². The maximum absolute atomic E-state index is 5.37. The Labute approximate surface area is 96.6 Å². The van der Waals surface area contributed by atoms with E-state index in [4.69, 9.17) is 4.74 Å². The minimum Gasteiger partial charge on any atom is -0.378 e. The van der Waals surface area contributed by atoms with Crippen LogP contribution in [0.3, 0.4) is 0 Å². The SMILES string of the molecule is CNc1cc(N2CCOCC2)c(C)c(C)n1. The van der Waals surface area contributed by atoms with E-state index in [0.29, 0.717) is 0 Å². The van der Waals surface area contributed by atoms with E-state index in [1.54, 1.807) is 0 Å². The van der Waals surface area contributed by atoms with Crippen LogP contribution in [0.5, 0.6) is 0 Å². The van der Waals surface area contributed by atoms with Gasteiger partial charge in [-0.1, -0.05) is 0 Å². The van der Waals surface area contributed by atoms with Gasteiger partial charge in [-0.05, 0) is 19.4 Å². The van der Waals surface area contributed by atoms with Gasteiger partial charge in [-0.3, -0.25) is 0 Å². The third-order valence-electron chi connectivity index (χ3n) is 3.10. The van der Waals surface area contributed by atoms with Crippen molar-refractivity contribution in [1.29, 1.82) is 0 Å². The van der Waals surface area contributed by atoms with Crippen LogP contribution in [0.2, 0.25) is 0 Å². The van der Waals surface area contributed by atoms with Gasteiger partial charge in [-0.15, -0.1) is 0 Å². The van der Waals surface area contributed by atoms with E-state index < -0.39 is 0 Å². The fourth-order valence-electron chi connectivity index (χ4n) is 1.98. The number of nitrogens with one attached hydrogen (secondary N) is 1. The fourth-order valence-corrected chi connectivity index (χ4v) is 1.98. The Bertz CT molecular complexity index is 373. The van der Waals surface area contributed by atoms with Crippen molar-refractivity contribution in [2.45, 2.75) is 13.8 Å². The molecule has 16 heavy (non-hydrogen) atoms. The Morgan fingerprint density at radius 2 is 2.00 bits per heavy atom. The van der Waals surface area contributed by atoms with Crippen molar-refractivity contribution in [3.8, 4) is 0 Å². The van der Waals surface area contributed by atoms with Crippen LogP contribution in [0, 0.1) is 13.8 Å². The van der Waals surface area contributed by atoms with Crippen LogP contribution in [0.15, 0.2) is 6.07 Å². The molecule has 1 N–H and O–H groups in total. The number of nitrogens with zero attached hydrogens (tertiary/aromatic N) is 2. The van der Waals surface area contributed by atoms with Crippen LogP contribution >= 0.6 is 0 Å². The third-order valence-corrected chi connectivity index (χ3v) is 3.10. The predicted octanol–water partition coefficient (Wildman–Crippen LogP) is 1.58. The van der Waals surface area contributed by atoms with Gasteiger partial charge in [0, 0.05) is 37.6 Å². The lowest BCUT2D eigenvalue weighted by Crippen LogP contribution is -2.36. The molecule has 0 atom stereocenters. The highest BCUT2D eigenvalue weighted by Crippen LogP contribution is 2.25. The first kappa shape index (κ1) is 11.2. The fraction of sp³-hybridized carbons (Fsp3) is 0.583. The lowest BCUT2D eigenvalue weighted by Gasteiger charge is -2.30. The van der Waals surface area contributed by atoms with Crippen molar-refractivity contribution in [3.63, 3.8) is 0 Å². The van der Waals surface area contributed by atoms with Gasteiger partial charge in [0.15, 0.2) is 0 Å². The first-order valence-corrected chi connectivity index (χ1v) is 5.71. The second-order valence-electron chi connectivity index (χ2n) is 4.09. The average Bonchev–Trinajstić information content (AvgIpc) is 2.33. The Balaban J connectivity index is 2.33. The molecule has 0 spiro atoms. The highest BCUT2D eigenvalue weighted by atomic mass is 16.5. The molecule has 1 aliphatic heterocycles. The van der Waals surface area contributed by atoms with Crippen LogP contribution in [0.25, 0.3) is 0 Å². The first-order chi connectivity index (χ1) is 7.72. The molecule has 2 heterocycles. The van der Waals surface area contributed by atoms with Gasteiger partial charge >= 0.3 is 0 Å². The van der Waals surface area contributed by atoms with Crippen molar-refractivity contribution in [3.05, 3.63) is 17.3 Å². The smallest absolute Gasteiger partial charge is 0.128 e. The summed E-state index contributed by atoms with van der Waals surface area (Å²) in [7, 11) is 1.90. The summed E-state index contributed by atoms with van der Waals surface area (Å²) in [6.45, 7) is 7.75. The Kier molecular flexibility index (Phi) is 3.29. The molecule has 0 aliphatic carbocycles. The van der Waals surface area contributed by atoms with E-state index in [-0.39, 0.29) is 0 Å². The number of anilines is 2. The Morgan fingerprint density at radius 1 is 1.31 bits per heavy atom. The predicted molar refractivity (Wildman–Crippen MR) is 66.3 cm³/mol. The van der Waals surface area contributed by atoms with E-state index in [9.17, 15) is 0 Å². The largest absolute Gasteiger partial charge is 0.378 e. The summed E-state index contributed by atoms with van der Waals surface area (Å²) in [5, 5.41) is 3.11. The van der Waals surface area contributed by atoms with Crippen molar-refractivity contribution in [1.82, 2.24) is 4.98 Å². The lowest BCUT2D eigenvalue weighted by molar-refractivity contribution is 0.122. The number of aromatic nitrogens is 1. The van der Waals surface area contributed by atoms with E-state index >= 15 is 0 Å². The number of pyridine rings is 1. The molecule has 0 unspecified atom stereocenters. The monoisotopic (exact) mass is 221 g/mol. The van der Waals surface area contributed by atoms with E-state index in [2.05, 4.69) is 35.1 Å². The standard InChI is InChI=1S/C12H19N3O/c1-9-10(2)14-12(13-3)8-11(9)15-4-6-16-7-5-15/h8H,4-7H2,1-3H3,(H,13,14). The van der Waals surface area contributed by atoms with E-state index in [0.717, 1.165) is 37.8 Å². The second kappa shape index (κ2) is 4.70.